The molecule has 0 aliphatic heterocycles. The van der Waals surface area contributed by atoms with E-state index < -0.39 is 0 Å². The van der Waals surface area contributed by atoms with Crippen LogP contribution in [0.5, 0.6) is 0 Å². The summed E-state index contributed by atoms with van der Waals surface area (Å²) in [5.41, 5.74) is 8.82. The monoisotopic (exact) mass is 259 g/mol. The summed E-state index contributed by atoms with van der Waals surface area (Å²) < 4.78 is 0. The van der Waals surface area contributed by atoms with E-state index in [9.17, 15) is 0 Å². The maximum absolute atomic E-state index is 6.13. The van der Waals surface area contributed by atoms with E-state index in [1.54, 1.807) is 6.20 Å². The van der Waals surface area contributed by atoms with Crippen LogP contribution >= 0.6 is 11.8 Å². The summed E-state index contributed by atoms with van der Waals surface area (Å²) in [6, 6.07) is 7.88. The predicted octanol–water partition coefficient (Wildman–Crippen LogP) is 3.15. The van der Waals surface area contributed by atoms with Crippen LogP contribution in [0.2, 0.25) is 0 Å². The Hall–Kier alpha value is -1.68. The molecule has 0 saturated heterocycles. The van der Waals surface area contributed by atoms with E-state index >= 15 is 0 Å². The molecule has 0 unspecified atom stereocenters. The van der Waals surface area contributed by atoms with Crippen LogP contribution in [-0.2, 0) is 0 Å². The molecule has 0 atom stereocenters. The molecule has 1 heterocycles. The summed E-state index contributed by atoms with van der Waals surface area (Å²) in [5, 5.41) is 4.36. The molecule has 4 heteroatoms. The Morgan fingerprint density at radius 2 is 2.28 bits per heavy atom. The van der Waals surface area contributed by atoms with Gasteiger partial charge in [0, 0.05) is 29.6 Å². The highest BCUT2D eigenvalue weighted by atomic mass is 32.2. The first-order valence-electron chi connectivity index (χ1n) is 5.88. The van der Waals surface area contributed by atoms with Crippen LogP contribution in [-0.4, -0.2) is 23.0 Å². The minimum Gasteiger partial charge on any atom is -0.397 e. The summed E-state index contributed by atoms with van der Waals surface area (Å²) in [7, 11) is 0. The highest BCUT2D eigenvalue weighted by Crippen LogP contribution is 2.27. The molecule has 0 aliphatic rings. The topological polar surface area (TPSA) is 50.9 Å². The number of fused-ring (bicyclic) bond motifs is 1. The van der Waals surface area contributed by atoms with E-state index in [2.05, 4.69) is 16.9 Å². The van der Waals surface area contributed by atoms with E-state index in [0.29, 0.717) is 0 Å². The number of anilines is 2. The van der Waals surface area contributed by atoms with Gasteiger partial charge in [-0.2, -0.15) is 11.8 Å². The van der Waals surface area contributed by atoms with Crippen molar-refractivity contribution < 1.29 is 0 Å². The molecule has 1 aromatic carbocycles. The number of rotatable bonds is 6. The normalized spacial score (nSPS) is 10.4. The molecule has 0 saturated carbocycles. The molecule has 3 nitrogen and oxygen atoms in total. The number of pyridine rings is 1. The first kappa shape index (κ1) is 12.8. The first-order valence-corrected chi connectivity index (χ1v) is 7.04. The molecular weight excluding hydrogens is 242 g/mol. The van der Waals surface area contributed by atoms with Crippen LogP contribution in [0.15, 0.2) is 43.1 Å². The number of thioether (sulfide) groups is 1. The Bertz CT molecular complexity index is 540. The van der Waals surface area contributed by atoms with Gasteiger partial charge in [0.15, 0.2) is 0 Å². The smallest absolute Gasteiger partial charge is 0.0724 e. The molecule has 2 aromatic rings. The molecule has 1 aromatic heterocycles. The zero-order valence-corrected chi connectivity index (χ0v) is 11.0. The quantitative estimate of drug-likeness (QED) is 0.475. The third-order valence-electron chi connectivity index (χ3n) is 2.62. The number of nitrogens with two attached hydrogens (primary N) is 1. The number of nitrogens with zero attached hydrogens (tertiary/aromatic N) is 1. The number of benzene rings is 1. The summed E-state index contributed by atoms with van der Waals surface area (Å²) in [6.07, 6.45) is 3.70. The molecule has 0 aliphatic carbocycles. The number of nitrogen functional groups attached to an aromatic ring is 1. The van der Waals surface area contributed by atoms with Crippen molar-refractivity contribution in [3.05, 3.63) is 43.1 Å². The van der Waals surface area contributed by atoms with Gasteiger partial charge in [-0.25, -0.2) is 0 Å². The lowest BCUT2D eigenvalue weighted by atomic mass is 10.1. The predicted molar refractivity (Wildman–Crippen MR) is 82.2 cm³/mol. The van der Waals surface area contributed by atoms with Crippen LogP contribution in [0.25, 0.3) is 10.9 Å². The van der Waals surface area contributed by atoms with Crippen molar-refractivity contribution in [2.24, 2.45) is 0 Å². The Labute approximate surface area is 111 Å². The number of nitrogens with one attached hydrogen (secondary N) is 1. The van der Waals surface area contributed by atoms with Crippen molar-refractivity contribution in [1.82, 2.24) is 4.98 Å². The van der Waals surface area contributed by atoms with Gasteiger partial charge in [0.1, 0.15) is 0 Å². The SMILES string of the molecule is C=CCSCCNc1ccc2ncccc2c1N. The lowest BCUT2D eigenvalue weighted by Gasteiger charge is -2.10. The second-order valence-corrected chi connectivity index (χ2v) is 5.04. The number of hydrogen-bond donors (Lipinski definition) is 2. The Morgan fingerprint density at radius 1 is 1.39 bits per heavy atom. The van der Waals surface area contributed by atoms with Gasteiger partial charge in [-0.3, -0.25) is 4.98 Å². The summed E-state index contributed by atoms with van der Waals surface area (Å²) in [6.45, 7) is 4.59. The Morgan fingerprint density at radius 3 is 3.11 bits per heavy atom. The van der Waals surface area contributed by atoms with Crippen molar-refractivity contribution in [3.8, 4) is 0 Å². The van der Waals surface area contributed by atoms with Crippen molar-refractivity contribution in [3.63, 3.8) is 0 Å². The summed E-state index contributed by atoms with van der Waals surface area (Å²) in [5.74, 6) is 2.02. The van der Waals surface area contributed by atoms with Crippen molar-refractivity contribution in [2.75, 3.05) is 29.1 Å². The van der Waals surface area contributed by atoms with Crippen LogP contribution in [0.1, 0.15) is 0 Å². The zero-order valence-electron chi connectivity index (χ0n) is 10.2. The minimum atomic E-state index is 0.773. The molecule has 0 bridgehead atoms. The van der Waals surface area contributed by atoms with E-state index in [-0.39, 0.29) is 0 Å². The minimum absolute atomic E-state index is 0.773. The highest BCUT2D eigenvalue weighted by Gasteiger charge is 2.03. The van der Waals surface area contributed by atoms with Crippen LogP contribution in [0, 0.1) is 0 Å². The molecule has 18 heavy (non-hydrogen) atoms. The maximum Gasteiger partial charge on any atom is 0.0724 e. The molecule has 0 spiro atoms. The van der Waals surface area contributed by atoms with E-state index in [1.165, 1.54) is 0 Å². The Kier molecular flexibility index (Phi) is 4.47. The summed E-state index contributed by atoms with van der Waals surface area (Å²) in [4.78, 5) is 4.28. The molecule has 3 N–H and O–H groups in total. The molecule has 94 valence electrons. The van der Waals surface area contributed by atoms with Crippen LogP contribution < -0.4 is 11.1 Å². The van der Waals surface area contributed by atoms with Gasteiger partial charge in [0.2, 0.25) is 0 Å². The maximum atomic E-state index is 6.13. The lowest BCUT2D eigenvalue weighted by molar-refractivity contribution is 1.23. The molecule has 0 amide bonds. The average molecular weight is 259 g/mol. The largest absolute Gasteiger partial charge is 0.397 e. The van der Waals surface area contributed by atoms with Crippen molar-refractivity contribution in [1.29, 1.82) is 0 Å². The van der Waals surface area contributed by atoms with E-state index in [1.807, 2.05) is 42.1 Å². The number of hydrogen-bond acceptors (Lipinski definition) is 4. The van der Waals surface area contributed by atoms with Gasteiger partial charge in [0.25, 0.3) is 0 Å². The zero-order chi connectivity index (χ0) is 12.8. The van der Waals surface area contributed by atoms with Gasteiger partial charge in [-0.05, 0) is 24.3 Å². The van der Waals surface area contributed by atoms with Gasteiger partial charge < -0.3 is 11.1 Å². The second-order valence-electron chi connectivity index (χ2n) is 3.89. The fourth-order valence-corrected chi connectivity index (χ4v) is 2.33. The molecular formula is C14H17N3S. The molecule has 2 rings (SSSR count). The number of aromatic nitrogens is 1. The van der Waals surface area contributed by atoms with E-state index in [4.69, 9.17) is 5.73 Å². The average Bonchev–Trinajstić information content (AvgIpc) is 2.41. The third kappa shape index (κ3) is 2.96. The van der Waals surface area contributed by atoms with Gasteiger partial charge in [-0.15, -0.1) is 6.58 Å². The third-order valence-corrected chi connectivity index (χ3v) is 3.59. The van der Waals surface area contributed by atoms with Crippen LogP contribution in [0.3, 0.4) is 0 Å². The lowest BCUT2D eigenvalue weighted by Crippen LogP contribution is -2.06. The standard InChI is InChI=1S/C14H17N3S/c1-2-9-18-10-8-17-13-6-5-12-11(14(13)15)4-3-7-16-12/h2-7,17H,1,8-10,15H2. The van der Waals surface area contributed by atoms with E-state index in [0.717, 1.165) is 40.3 Å². The fourth-order valence-electron chi connectivity index (χ4n) is 1.75. The fraction of sp³-hybridized carbons (Fsp3) is 0.214. The molecule has 0 fully saturated rings. The van der Waals surface area contributed by atoms with Gasteiger partial charge >= 0.3 is 0 Å². The van der Waals surface area contributed by atoms with Crippen molar-refractivity contribution in [2.45, 2.75) is 0 Å². The molecule has 0 radical (unpaired) electrons. The Balaban J connectivity index is 2.05. The summed E-state index contributed by atoms with van der Waals surface area (Å²) >= 11 is 1.85. The van der Waals surface area contributed by atoms with Crippen molar-refractivity contribution >= 4 is 34.0 Å². The second kappa shape index (κ2) is 6.31. The highest BCUT2D eigenvalue weighted by molar-refractivity contribution is 7.99. The van der Waals surface area contributed by atoms with Crippen LogP contribution in [0.4, 0.5) is 11.4 Å². The first-order chi connectivity index (χ1) is 8.83. The van der Waals surface area contributed by atoms with Gasteiger partial charge in [-0.1, -0.05) is 6.08 Å². The van der Waals surface area contributed by atoms with Gasteiger partial charge in [0.05, 0.1) is 16.9 Å².